The lowest BCUT2D eigenvalue weighted by Gasteiger charge is -2.20. The lowest BCUT2D eigenvalue weighted by molar-refractivity contribution is 0.444. The van der Waals surface area contributed by atoms with Gasteiger partial charge in [0, 0.05) is 33.8 Å². The van der Waals surface area contributed by atoms with Crippen LogP contribution < -0.4 is 0 Å². The maximum atomic E-state index is 6.37. The predicted molar refractivity (Wildman–Crippen MR) is 109 cm³/mol. The number of para-hydroxylation sites is 1. The van der Waals surface area contributed by atoms with Crippen LogP contribution in [-0.2, 0) is 12.2 Å². The number of rotatable bonds is 4. The van der Waals surface area contributed by atoms with Gasteiger partial charge in [-0.25, -0.2) is 0 Å². The second-order valence-corrected chi connectivity index (χ2v) is 8.85. The monoisotopic (exact) mass is 367 g/mol. The summed E-state index contributed by atoms with van der Waals surface area (Å²) < 4.78 is 0. The Morgan fingerprint density at radius 3 is 2.84 bits per heavy atom. The molecule has 3 aromatic rings. The van der Waals surface area contributed by atoms with E-state index >= 15 is 0 Å². The Labute approximate surface area is 158 Å². The van der Waals surface area contributed by atoms with Crippen molar-refractivity contribution in [3.63, 3.8) is 0 Å². The van der Waals surface area contributed by atoms with Gasteiger partial charge in [0.25, 0.3) is 0 Å². The average Bonchev–Trinajstić information content (AvgIpc) is 3.27. The number of hydrogen-bond donors (Lipinski definition) is 1. The van der Waals surface area contributed by atoms with Gasteiger partial charge in [-0.15, -0.1) is 0 Å². The zero-order valence-electron chi connectivity index (χ0n) is 14.4. The van der Waals surface area contributed by atoms with E-state index in [0.29, 0.717) is 5.92 Å². The molecule has 0 amide bonds. The average molecular weight is 368 g/mol. The number of benzene rings is 2. The molecular formula is C22H22ClNS. The molecule has 2 aliphatic carbocycles. The number of halogens is 1. The van der Waals surface area contributed by atoms with Crippen LogP contribution in [0.15, 0.2) is 42.6 Å². The number of nitrogens with one attached hydrogen (secondary N) is 1. The molecule has 1 aromatic heterocycles. The fourth-order valence-electron chi connectivity index (χ4n) is 4.78. The van der Waals surface area contributed by atoms with Crippen LogP contribution in [0.5, 0.6) is 0 Å². The third-order valence-corrected chi connectivity index (χ3v) is 6.86. The summed E-state index contributed by atoms with van der Waals surface area (Å²) in [5.74, 6) is 3.16. The minimum atomic E-state index is 0.486. The molecule has 128 valence electrons. The third-order valence-electron chi connectivity index (χ3n) is 6.02. The molecule has 25 heavy (non-hydrogen) atoms. The van der Waals surface area contributed by atoms with Crippen molar-refractivity contribution in [2.75, 3.05) is 6.26 Å². The normalized spacial score (nSPS) is 22.5. The molecule has 2 atom stereocenters. The highest BCUT2D eigenvalue weighted by Crippen LogP contribution is 2.54. The first kappa shape index (κ1) is 15.8. The van der Waals surface area contributed by atoms with Crippen LogP contribution in [0, 0.1) is 11.8 Å². The van der Waals surface area contributed by atoms with Crippen LogP contribution >= 0.6 is 23.4 Å². The van der Waals surface area contributed by atoms with E-state index in [1.54, 1.807) is 0 Å². The van der Waals surface area contributed by atoms with Crippen LogP contribution in [0.2, 0.25) is 5.02 Å². The van der Waals surface area contributed by atoms with Gasteiger partial charge in [-0.2, -0.15) is 11.8 Å². The summed E-state index contributed by atoms with van der Waals surface area (Å²) in [5.41, 5.74) is 7.15. The summed E-state index contributed by atoms with van der Waals surface area (Å²) in [6.07, 6.45) is 8.43. The van der Waals surface area contributed by atoms with Gasteiger partial charge in [0.2, 0.25) is 0 Å². The Hall–Kier alpha value is -1.38. The molecule has 1 nitrogen and oxygen atoms in total. The molecule has 0 radical (unpaired) electrons. The fourth-order valence-corrected chi connectivity index (χ4v) is 5.51. The van der Waals surface area contributed by atoms with E-state index in [1.165, 1.54) is 52.4 Å². The summed E-state index contributed by atoms with van der Waals surface area (Å²) in [6.45, 7) is 0. The molecular weight excluding hydrogens is 346 g/mol. The third kappa shape index (κ3) is 2.62. The second-order valence-electron chi connectivity index (χ2n) is 7.54. The number of hydrogen-bond acceptors (Lipinski definition) is 1. The van der Waals surface area contributed by atoms with Crippen molar-refractivity contribution in [1.29, 1.82) is 0 Å². The molecule has 2 aromatic carbocycles. The Kier molecular flexibility index (Phi) is 3.87. The van der Waals surface area contributed by atoms with Crippen LogP contribution in [0.3, 0.4) is 0 Å². The summed E-state index contributed by atoms with van der Waals surface area (Å²) >= 11 is 8.25. The fraction of sp³-hybridized carbons (Fsp3) is 0.364. The maximum absolute atomic E-state index is 6.37. The molecule has 0 spiro atoms. The van der Waals surface area contributed by atoms with E-state index in [-0.39, 0.29) is 0 Å². The van der Waals surface area contributed by atoms with Crippen LogP contribution in [0.25, 0.3) is 10.9 Å². The summed E-state index contributed by atoms with van der Waals surface area (Å²) in [5, 5.41) is 2.26. The zero-order valence-corrected chi connectivity index (χ0v) is 16.0. The lowest BCUT2D eigenvalue weighted by atomic mass is 9.83. The van der Waals surface area contributed by atoms with Gasteiger partial charge in [-0.05, 0) is 71.7 Å². The number of aromatic nitrogens is 1. The number of fused-ring (bicyclic) bond motifs is 2. The van der Waals surface area contributed by atoms with E-state index < -0.39 is 0 Å². The topological polar surface area (TPSA) is 15.8 Å². The van der Waals surface area contributed by atoms with Crippen molar-refractivity contribution in [2.24, 2.45) is 11.8 Å². The predicted octanol–water partition coefficient (Wildman–Crippen LogP) is 6.40. The molecule has 1 N–H and O–H groups in total. The minimum Gasteiger partial charge on any atom is -0.361 e. The van der Waals surface area contributed by atoms with Gasteiger partial charge in [0.05, 0.1) is 0 Å². The highest BCUT2D eigenvalue weighted by atomic mass is 35.5. The van der Waals surface area contributed by atoms with Gasteiger partial charge in [-0.3, -0.25) is 0 Å². The minimum absolute atomic E-state index is 0.486. The molecule has 1 fully saturated rings. The van der Waals surface area contributed by atoms with Gasteiger partial charge >= 0.3 is 0 Å². The molecule has 3 heteroatoms. The van der Waals surface area contributed by atoms with Crippen molar-refractivity contribution >= 4 is 34.3 Å². The van der Waals surface area contributed by atoms with Crippen molar-refractivity contribution < 1.29 is 0 Å². The first-order chi connectivity index (χ1) is 12.3. The van der Waals surface area contributed by atoms with Gasteiger partial charge in [-0.1, -0.05) is 35.9 Å². The van der Waals surface area contributed by atoms with Gasteiger partial charge in [0.1, 0.15) is 0 Å². The van der Waals surface area contributed by atoms with E-state index in [0.717, 1.165) is 22.6 Å². The standard InChI is InChI=1S/C22H22ClNS/c1-25-12-15-3-2-4-17-20(11-24-22(15)17)21-18(13-5-6-13)9-14-7-8-16(23)10-19(14)21/h2-4,7-8,10-11,13,18,21,24H,5-6,9,12H2,1H3. The highest BCUT2D eigenvalue weighted by Gasteiger charge is 2.43. The van der Waals surface area contributed by atoms with E-state index in [1.807, 2.05) is 11.8 Å². The van der Waals surface area contributed by atoms with E-state index in [4.69, 9.17) is 11.6 Å². The van der Waals surface area contributed by atoms with Crippen LogP contribution in [0.4, 0.5) is 0 Å². The Balaban J connectivity index is 1.67. The first-order valence-electron chi connectivity index (χ1n) is 9.12. The molecule has 5 rings (SSSR count). The Morgan fingerprint density at radius 2 is 2.04 bits per heavy atom. The van der Waals surface area contributed by atoms with Crippen molar-refractivity contribution in [3.05, 3.63) is 69.9 Å². The molecule has 0 saturated heterocycles. The molecule has 1 heterocycles. The Morgan fingerprint density at radius 1 is 1.16 bits per heavy atom. The molecule has 2 aliphatic rings. The zero-order chi connectivity index (χ0) is 17.0. The number of H-pyrrole nitrogens is 1. The summed E-state index contributed by atoms with van der Waals surface area (Å²) in [7, 11) is 0. The lowest BCUT2D eigenvalue weighted by Crippen LogP contribution is -2.11. The maximum Gasteiger partial charge on any atom is 0.0498 e. The van der Waals surface area contributed by atoms with Gasteiger partial charge < -0.3 is 4.98 Å². The molecule has 0 aliphatic heterocycles. The number of thioether (sulfide) groups is 1. The van der Waals surface area contributed by atoms with Gasteiger partial charge in [0.15, 0.2) is 0 Å². The van der Waals surface area contributed by atoms with Crippen LogP contribution in [0.1, 0.15) is 41.0 Å². The second kappa shape index (κ2) is 6.10. The van der Waals surface area contributed by atoms with Crippen molar-refractivity contribution in [1.82, 2.24) is 4.98 Å². The highest BCUT2D eigenvalue weighted by molar-refractivity contribution is 7.97. The quantitative estimate of drug-likeness (QED) is 0.564. The first-order valence-corrected chi connectivity index (χ1v) is 10.9. The molecule has 1 saturated carbocycles. The van der Waals surface area contributed by atoms with E-state index in [9.17, 15) is 0 Å². The summed E-state index contributed by atoms with van der Waals surface area (Å²) in [6, 6.07) is 13.3. The molecule has 0 bridgehead atoms. The van der Waals surface area contributed by atoms with Crippen LogP contribution in [-0.4, -0.2) is 11.2 Å². The molecule has 2 unspecified atom stereocenters. The largest absolute Gasteiger partial charge is 0.361 e. The van der Waals surface area contributed by atoms with E-state index in [2.05, 4.69) is 53.8 Å². The Bertz CT molecular complexity index is 940. The van der Waals surface area contributed by atoms with Crippen molar-refractivity contribution in [2.45, 2.75) is 30.9 Å². The smallest absolute Gasteiger partial charge is 0.0498 e. The number of aromatic amines is 1. The SMILES string of the molecule is CSCc1cccc2c(C3c4cc(Cl)ccc4CC3C3CC3)c[nH]c12. The summed E-state index contributed by atoms with van der Waals surface area (Å²) in [4.78, 5) is 3.60. The van der Waals surface area contributed by atoms with Crippen molar-refractivity contribution in [3.8, 4) is 0 Å².